The predicted octanol–water partition coefficient (Wildman–Crippen LogP) is 4.77. The van der Waals surface area contributed by atoms with Crippen LogP contribution in [0.4, 0.5) is 0 Å². The van der Waals surface area contributed by atoms with E-state index in [9.17, 15) is 0 Å². The lowest BCUT2D eigenvalue weighted by molar-refractivity contribution is 0.627. The third kappa shape index (κ3) is 4.35. The van der Waals surface area contributed by atoms with Crippen molar-refractivity contribution < 1.29 is 0 Å². The molecule has 0 heterocycles. The summed E-state index contributed by atoms with van der Waals surface area (Å²) in [6.07, 6.45) is 2.56. The molecule has 0 aromatic carbocycles. The molecule has 0 saturated heterocycles. The van der Waals surface area contributed by atoms with Crippen molar-refractivity contribution in [2.75, 3.05) is 6.54 Å². The summed E-state index contributed by atoms with van der Waals surface area (Å²) in [7, 11) is -2.75. The molecule has 0 spiro atoms. The fraction of sp³-hybridized carbons (Fsp3) is 0.867. The summed E-state index contributed by atoms with van der Waals surface area (Å²) < 4.78 is 0. The molecule has 0 aliphatic heterocycles. The first-order valence-corrected chi connectivity index (χ1v) is 13.6. The first-order chi connectivity index (χ1) is 8.00. The molecule has 0 bridgehead atoms. The topological polar surface area (TPSA) is 12.0 Å². The largest absolute Gasteiger partial charge is 0.319 e. The standard InChI is InChI=1S/C15H35NSi2/c1-10-12-13-16-14(17(6,7)11-2)18(8,9)15(3,4)5/h11,14,16H,2,10,12-13H2,1,3-9H3. The van der Waals surface area contributed by atoms with Gasteiger partial charge in [-0.3, -0.25) is 0 Å². The molecule has 108 valence electrons. The minimum absolute atomic E-state index is 0.435. The molecule has 0 aliphatic carbocycles. The van der Waals surface area contributed by atoms with Crippen molar-refractivity contribution in [2.24, 2.45) is 0 Å². The highest BCUT2D eigenvalue weighted by molar-refractivity contribution is 7.00. The molecule has 3 heteroatoms. The third-order valence-corrected chi connectivity index (χ3v) is 17.5. The molecule has 18 heavy (non-hydrogen) atoms. The Morgan fingerprint density at radius 3 is 2.00 bits per heavy atom. The van der Waals surface area contributed by atoms with Gasteiger partial charge in [0, 0.05) is 0 Å². The van der Waals surface area contributed by atoms with Gasteiger partial charge in [-0.15, -0.1) is 12.3 Å². The predicted molar refractivity (Wildman–Crippen MR) is 91.6 cm³/mol. The summed E-state index contributed by atoms with van der Waals surface area (Å²) in [6.45, 7) is 24.8. The first-order valence-electron chi connectivity index (χ1n) is 7.37. The van der Waals surface area contributed by atoms with Crippen molar-refractivity contribution >= 4 is 16.1 Å². The Labute approximate surface area is 117 Å². The van der Waals surface area contributed by atoms with Crippen LogP contribution < -0.4 is 5.32 Å². The SMILES string of the molecule is C=C[Si](C)(C)C(NCCCC)[Si](C)(C)C(C)(C)C. The van der Waals surface area contributed by atoms with Gasteiger partial charge in [-0.05, 0) is 23.3 Å². The van der Waals surface area contributed by atoms with Crippen LogP contribution in [0.2, 0.25) is 31.2 Å². The Morgan fingerprint density at radius 2 is 1.67 bits per heavy atom. The second kappa shape index (κ2) is 6.53. The number of unbranched alkanes of at least 4 members (excludes halogenated alkanes) is 1. The van der Waals surface area contributed by atoms with Crippen molar-refractivity contribution in [1.82, 2.24) is 5.32 Å². The highest BCUT2D eigenvalue weighted by atomic mass is 28.4. The second-order valence-electron chi connectivity index (χ2n) is 7.74. The Bertz CT molecular complexity index is 264. The van der Waals surface area contributed by atoms with E-state index in [1.54, 1.807) is 0 Å². The van der Waals surface area contributed by atoms with Gasteiger partial charge in [0.05, 0.1) is 16.1 Å². The Morgan fingerprint density at radius 1 is 1.17 bits per heavy atom. The number of hydrogen-bond acceptors (Lipinski definition) is 1. The number of rotatable bonds is 7. The van der Waals surface area contributed by atoms with Crippen LogP contribution >= 0.6 is 0 Å². The van der Waals surface area contributed by atoms with E-state index in [0.717, 1.165) is 6.54 Å². The second-order valence-corrected chi connectivity index (χ2v) is 18.5. The molecule has 1 atom stereocenters. The smallest absolute Gasteiger partial charge is 0.0855 e. The molecule has 0 rings (SSSR count). The molecular formula is C15H35NSi2. The van der Waals surface area contributed by atoms with Gasteiger partial charge in [-0.25, -0.2) is 0 Å². The maximum absolute atomic E-state index is 4.12. The molecule has 0 aliphatic rings. The van der Waals surface area contributed by atoms with Crippen LogP contribution in [0.1, 0.15) is 40.5 Å². The van der Waals surface area contributed by atoms with Gasteiger partial charge >= 0.3 is 0 Å². The molecule has 0 amide bonds. The summed E-state index contributed by atoms with van der Waals surface area (Å²) in [5.74, 6) is 0. The minimum Gasteiger partial charge on any atom is -0.319 e. The quantitative estimate of drug-likeness (QED) is 0.525. The van der Waals surface area contributed by atoms with Crippen molar-refractivity contribution in [3.05, 3.63) is 12.3 Å². The summed E-state index contributed by atoms with van der Waals surface area (Å²) in [5, 5.41) is 5.06. The van der Waals surface area contributed by atoms with E-state index in [2.05, 4.69) is 71.5 Å². The van der Waals surface area contributed by atoms with Gasteiger partial charge in [0.1, 0.15) is 0 Å². The zero-order chi connectivity index (χ0) is 14.6. The van der Waals surface area contributed by atoms with Crippen LogP contribution in [-0.4, -0.2) is 28.0 Å². The lowest BCUT2D eigenvalue weighted by atomic mass is 10.2. The monoisotopic (exact) mass is 285 g/mol. The van der Waals surface area contributed by atoms with E-state index in [4.69, 9.17) is 0 Å². The van der Waals surface area contributed by atoms with E-state index < -0.39 is 16.1 Å². The summed E-state index contributed by atoms with van der Waals surface area (Å²) in [6, 6.07) is 0. The third-order valence-electron chi connectivity index (χ3n) is 4.80. The van der Waals surface area contributed by atoms with Crippen LogP contribution in [0.3, 0.4) is 0 Å². The lowest BCUT2D eigenvalue weighted by Crippen LogP contribution is -2.67. The molecule has 1 nitrogen and oxygen atoms in total. The molecule has 0 aromatic rings. The molecular weight excluding hydrogens is 250 g/mol. The molecule has 0 aromatic heterocycles. The molecule has 1 unspecified atom stereocenters. The van der Waals surface area contributed by atoms with Gasteiger partial charge in [0.15, 0.2) is 0 Å². The Balaban J connectivity index is 5.15. The first kappa shape index (κ1) is 18.1. The average molecular weight is 286 g/mol. The van der Waals surface area contributed by atoms with Crippen LogP contribution in [0.25, 0.3) is 0 Å². The number of hydrogen-bond donors (Lipinski definition) is 1. The summed E-state index contributed by atoms with van der Waals surface area (Å²) in [5.41, 5.74) is 2.27. The van der Waals surface area contributed by atoms with E-state index in [1.807, 2.05) is 0 Å². The Hall–Kier alpha value is 0.134. The fourth-order valence-corrected chi connectivity index (χ4v) is 13.9. The van der Waals surface area contributed by atoms with E-state index in [-0.39, 0.29) is 0 Å². The van der Waals surface area contributed by atoms with Crippen LogP contribution in [-0.2, 0) is 0 Å². The van der Waals surface area contributed by atoms with Crippen molar-refractivity contribution in [3.63, 3.8) is 0 Å². The maximum atomic E-state index is 4.12. The average Bonchev–Trinajstić information content (AvgIpc) is 2.22. The zero-order valence-electron chi connectivity index (χ0n) is 14.0. The lowest BCUT2D eigenvalue weighted by Gasteiger charge is -2.49. The molecule has 0 saturated carbocycles. The zero-order valence-corrected chi connectivity index (χ0v) is 16.0. The van der Waals surface area contributed by atoms with Crippen molar-refractivity contribution in [3.8, 4) is 0 Å². The summed E-state index contributed by atoms with van der Waals surface area (Å²) in [4.78, 5) is 0. The highest BCUT2D eigenvalue weighted by Crippen LogP contribution is 2.40. The number of nitrogens with one attached hydrogen (secondary N) is 1. The van der Waals surface area contributed by atoms with Gasteiger partial charge in [-0.1, -0.05) is 60.3 Å². The van der Waals surface area contributed by atoms with Gasteiger partial charge < -0.3 is 5.32 Å². The van der Waals surface area contributed by atoms with Gasteiger partial charge in [-0.2, -0.15) is 0 Å². The van der Waals surface area contributed by atoms with Gasteiger partial charge in [0.2, 0.25) is 0 Å². The molecule has 0 radical (unpaired) electrons. The van der Waals surface area contributed by atoms with Crippen LogP contribution in [0.15, 0.2) is 12.3 Å². The normalized spacial score (nSPS) is 15.6. The minimum atomic E-state index is -1.39. The molecule has 1 N–H and O–H groups in total. The van der Waals surface area contributed by atoms with Crippen molar-refractivity contribution in [2.45, 2.75) is 77.1 Å². The highest BCUT2D eigenvalue weighted by Gasteiger charge is 2.47. The summed E-state index contributed by atoms with van der Waals surface area (Å²) >= 11 is 0. The van der Waals surface area contributed by atoms with Crippen molar-refractivity contribution in [1.29, 1.82) is 0 Å². The fourth-order valence-electron chi connectivity index (χ4n) is 2.42. The van der Waals surface area contributed by atoms with Gasteiger partial charge in [0.25, 0.3) is 0 Å². The van der Waals surface area contributed by atoms with Crippen LogP contribution in [0, 0.1) is 0 Å². The van der Waals surface area contributed by atoms with E-state index in [0.29, 0.717) is 10.3 Å². The Kier molecular flexibility index (Phi) is 6.58. The molecule has 0 fully saturated rings. The maximum Gasteiger partial charge on any atom is 0.0855 e. The van der Waals surface area contributed by atoms with E-state index in [1.165, 1.54) is 12.8 Å². The van der Waals surface area contributed by atoms with E-state index >= 15 is 0 Å². The van der Waals surface area contributed by atoms with Crippen LogP contribution in [0.5, 0.6) is 0 Å².